The molecular weight excluding hydrogens is 455 g/mol. The highest BCUT2D eigenvalue weighted by Gasteiger charge is 2.39. The van der Waals surface area contributed by atoms with Gasteiger partial charge in [0.2, 0.25) is 17.6 Å². The van der Waals surface area contributed by atoms with Crippen LogP contribution in [0, 0.1) is 0 Å². The van der Waals surface area contributed by atoms with E-state index in [4.69, 9.17) is 5.73 Å². The van der Waals surface area contributed by atoms with E-state index in [0.29, 0.717) is 5.56 Å². The number of alkyl halides is 3. The number of Topliss-reactive ketones (excluding diaryl/α,β-unsaturated/α-hetero) is 1. The number of ketones is 1. The van der Waals surface area contributed by atoms with E-state index in [-0.39, 0.29) is 31.4 Å². The maximum atomic E-state index is 13.0. The number of hydrogen-bond acceptors (Lipinski definition) is 5. The summed E-state index contributed by atoms with van der Waals surface area (Å²) in [6.45, 7) is -0.309. The monoisotopic (exact) mass is 477 g/mol. The van der Waals surface area contributed by atoms with Crippen LogP contribution in [0.1, 0.15) is 24.0 Å². The molecule has 1 aliphatic rings. The van der Waals surface area contributed by atoms with Gasteiger partial charge in [0.1, 0.15) is 17.8 Å². The third-order valence-corrected chi connectivity index (χ3v) is 5.33. The van der Waals surface area contributed by atoms with Crippen molar-refractivity contribution in [1.82, 2.24) is 10.2 Å². The molecule has 2 atom stereocenters. The summed E-state index contributed by atoms with van der Waals surface area (Å²) in [6.07, 6.45) is -4.85. The molecule has 1 heterocycles. The highest BCUT2D eigenvalue weighted by Crippen LogP contribution is 2.30. The zero-order valence-electron chi connectivity index (χ0n) is 17.9. The van der Waals surface area contributed by atoms with Gasteiger partial charge in [-0.1, -0.05) is 48.5 Å². The average Bonchev–Trinajstić information content (AvgIpc) is 3.14. The first-order valence-corrected chi connectivity index (χ1v) is 10.4. The van der Waals surface area contributed by atoms with Gasteiger partial charge in [0, 0.05) is 18.4 Å². The summed E-state index contributed by atoms with van der Waals surface area (Å²) in [7, 11) is 0. The number of ether oxygens (including phenoxy) is 1. The Kier molecular flexibility index (Phi) is 7.54. The van der Waals surface area contributed by atoms with E-state index < -0.39 is 47.7 Å². The van der Waals surface area contributed by atoms with Gasteiger partial charge in [-0.25, -0.2) is 0 Å². The summed E-state index contributed by atoms with van der Waals surface area (Å²) in [5, 5.41) is 2.48. The first kappa shape index (κ1) is 24.7. The Bertz CT molecular complexity index is 1080. The number of likely N-dealkylation sites (tertiary alicyclic amines) is 1. The van der Waals surface area contributed by atoms with Crippen LogP contribution in [0.5, 0.6) is 5.75 Å². The van der Waals surface area contributed by atoms with Gasteiger partial charge < -0.3 is 20.7 Å². The number of benzene rings is 2. The first-order chi connectivity index (χ1) is 16.0. The molecule has 1 saturated heterocycles. The molecule has 3 N–H and O–H groups in total. The van der Waals surface area contributed by atoms with Crippen LogP contribution in [-0.4, -0.2) is 46.9 Å². The molecule has 1 unspecified atom stereocenters. The summed E-state index contributed by atoms with van der Waals surface area (Å²) < 4.78 is 42.3. The average molecular weight is 477 g/mol. The first-order valence-electron chi connectivity index (χ1n) is 10.4. The van der Waals surface area contributed by atoms with Gasteiger partial charge in [-0.2, -0.15) is 0 Å². The second kappa shape index (κ2) is 10.4. The highest BCUT2D eigenvalue weighted by molar-refractivity contribution is 6.38. The number of halogens is 3. The Hall–Kier alpha value is -3.89. The number of nitrogens with zero attached hydrogens (tertiary/aromatic N) is 1. The maximum absolute atomic E-state index is 13.0. The van der Waals surface area contributed by atoms with E-state index in [1.54, 1.807) is 30.3 Å². The Balaban J connectivity index is 1.78. The minimum atomic E-state index is -4.93. The SMILES string of the molecule is NC(=O)C(=O)C(Cc1ccccc1)NC(=O)[C@@H]1CCC(=O)N1Cc1ccccc1OC(F)(F)F. The lowest BCUT2D eigenvalue weighted by atomic mass is 10.0. The van der Waals surface area contributed by atoms with Crippen LogP contribution in [0.2, 0.25) is 0 Å². The topological polar surface area (TPSA) is 119 Å². The van der Waals surface area contributed by atoms with Crippen molar-refractivity contribution < 1.29 is 37.1 Å². The van der Waals surface area contributed by atoms with Gasteiger partial charge in [-0.3, -0.25) is 19.2 Å². The number of nitrogens with two attached hydrogens (primary N) is 1. The number of nitrogens with one attached hydrogen (secondary N) is 1. The fourth-order valence-electron chi connectivity index (χ4n) is 3.75. The van der Waals surface area contributed by atoms with E-state index in [9.17, 15) is 32.3 Å². The van der Waals surface area contributed by atoms with Crippen molar-refractivity contribution in [3.8, 4) is 5.75 Å². The molecule has 0 aromatic heterocycles. The van der Waals surface area contributed by atoms with E-state index >= 15 is 0 Å². The molecule has 0 radical (unpaired) electrons. The third-order valence-electron chi connectivity index (χ3n) is 5.33. The lowest BCUT2D eigenvalue weighted by Crippen LogP contribution is -2.53. The van der Waals surface area contributed by atoms with E-state index in [1.807, 2.05) is 0 Å². The van der Waals surface area contributed by atoms with Crippen LogP contribution in [0.4, 0.5) is 13.2 Å². The van der Waals surface area contributed by atoms with Gasteiger partial charge in [0.05, 0.1) is 6.54 Å². The number of hydrogen-bond donors (Lipinski definition) is 2. The molecule has 11 heteroatoms. The maximum Gasteiger partial charge on any atom is 0.573 e. The molecule has 0 spiro atoms. The van der Waals surface area contributed by atoms with Crippen molar-refractivity contribution in [1.29, 1.82) is 0 Å². The second-order valence-electron chi connectivity index (χ2n) is 7.71. The predicted molar refractivity (Wildman–Crippen MR) is 113 cm³/mol. The van der Waals surface area contributed by atoms with Crippen LogP contribution >= 0.6 is 0 Å². The lowest BCUT2D eigenvalue weighted by molar-refractivity contribution is -0.275. The highest BCUT2D eigenvalue weighted by atomic mass is 19.4. The molecule has 1 fully saturated rings. The lowest BCUT2D eigenvalue weighted by Gasteiger charge is -2.27. The van der Waals surface area contributed by atoms with Crippen LogP contribution in [-0.2, 0) is 32.1 Å². The minimum absolute atomic E-state index is 0.00270. The van der Waals surface area contributed by atoms with Gasteiger partial charge in [0.25, 0.3) is 5.91 Å². The Morgan fingerprint density at radius 3 is 2.38 bits per heavy atom. The third kappa shape index (κ3) is 6.33. The van der Waals surface area contributed by atoms with Gasteiger partial charge >= 0.3 is 6.36 Å². The van der Waals surface area contributed by atoms with Crippen LogP contribution in [0.3, 0.4) is 0 Å². The number of rotatable bonds is 9. The summed E-state index contributed by atoms with van der Waals surface area (Å²) >= 11 is 0. The molecular formula is C23H22F3N3O5. The molecule has 2 aromatic carbocycles. The molecule has 1 aliphatic heterocycles. The van der Waals surface area contributed by atoms with Crippen molar-refractivity contribution in [2.45, 2.75) is 44.3 Å². The summed E-state index contributed by atoms with van der Waals surface area (Å²) in [4.78, 5) is 50.4. The quantitative estimate of drug-likeness (QED) is 0.535. The normalized spacial score (nSPS) is 16.7. The zero-order valence-corrected chi connectivity index (χ0v) is 17.9. The predicted octanol–water partition coefficient (Wildman–Crippen LogP) is 1.86. The largest absolute Gasteiger partial charge is 0.573 e. The fraction of sp³-hybridized carbons (Fsp3) is 0.304. The number of carbonyl (C=O) groups is 4. The Labute approximate surface area is 192 Å². The minimum Gasteiger partial charge on any atom is -0.405 e. The van der Waals surface area contributed by atoms with Gasteiger partial charge in [0.15, 0.2) is 0 Å². The second-order valence-corrected chi connectivity index (χ2v) is 7.71. The Morgan fingerprint density at radius 1 is 1.09 bits per heavy atom. The smallest absolute Gasteiger partial charge is 0.405 e. The number of carbonyl (C=O) groups excluding carboxylic acids is 4. The number of primary amides is 1. The molecule has 0 bridgehead atoms. The molecule has 2 aromatic rings. The van der Waals surface area contributed by atoms with Crippen molar-refractivity contribution >= 4 is 23.5 Å². The van der Waals surface area contributed by atoms with Crippen molar-refractivity contribution in [2.75, 3.05) is 0 Å². The van der Waals surface area contributed by atoms with E-state index in [2.05, 4.69) is 10.1 Å². The summed E-state index contributed by atoms with van der Waals surface area (Å²) in [5.41, 5.74) is 5.85. The fourth-order valence-corrected chi connectivity index (χ4v) is 3.75. The van der Waals surface area contributed by atoms with Crippen molar-refractivity contribution in [2.24, 2.45) is 5.73 Å². The molecule has 0 saturated carbocycles. The van der Waals surface area contributed by atoms with Gasteiger partial charge in [-0.15, -0.1) is 13.2 Å². The summed E-state index contributed by atoms with van der Waals surface area (Å²) in [6, 6.07) is 11.6. The summed E-state index contributed by atoms with van der Waals surface area (Å²) in [5.74, 6) is -3.87. The molecule has 0 aliphatic carbocycles. The standard InChI is InChI=1S/C23H22F3N3O5/c24-23(25,26)34-18-9-5-4-8-15(18)13-29-17(10-11-19(29)30)22(33)28-16(20(31)21(27)32)12-14-6-2-1-3-7-14/h1-9,16-17H,10-13H2,(H2,27,32)(H,28,33)/t16?,17-/m0/s1. The van der Waals surface area contributed by atoms with Crippen molar-refractivity contribution in [3.05, 3.63) is 65.7 Å². The molecule has 8 nitrogen and oxygen atoms in total. The van der Waals surface area contributed by atoms with Crippen molar-refractivity contribution in [3.63, 3.8) is 0 Å². The number of amides is 3. The molecule has 3 rings (SSSR count). The van der Waals surface area contributed by atoms with E-state index in [0.717, 1.165) is 11.0 Å². The van der Waals surface area contributed by atoms with E-state index in [1.165, 1.54) is 18.2 Å². The molecule has 3 amide bonds. The molecule has 180 valence electrons. The zero-order chi connectivity index (χ0) is 24.9. The van der Waals surface area contributed by atoms with Crippen LogP contribution < -0.4 is 15.8 Å². The number of para-hydroxylation sites is 1. The van der Waals surface area contributed by atoms with Crippen LogP contribution in [0.25, 0.3) is 0 Å². The van der Waals surface area contributed by atoms with Gasteiger partial charge in [-0.05, 0) is 18.1 Å². The van der Waals surface area contributed by atoms with Crippen LogP contribution in [0.15, 0.2) is 54.6 Å². The molecule has 34 heavy (non-hydrogen) atoms. The Morgan fingerprint density at radius 2 is 1.74 bits per heavy atom.